The van der Waals surface area contributed by atoms with E-state index in [9.17, 15) is 8.42 Å². The molecular weight excluding hydrogens is 254 g/mol. The van der Waals surface area contributed by atoms with E-state index < -0.39 is 10.0 Å². The van der Waals surface area contributed by atoms with Crippen molar-refractivity contribution in [3.8, 4) is 6.07 Å². The van der Waals surface area contributed by atoms with Crippen LogP contribution < -0.4 is 4.72 Å². The van der Waals surface area contributed by atoms with Crippen LogP contribution in [0.5, 0.6) is 0 Å². The lowest BCUT2D eigenvalue weighted by atomic mass is 10.2. The van der Waals surface area contributed by atoms with E-state index in [0.29, 0.717) is 11.1 Å². The largest absolute Gasteiger partial charge is 0.363 e. The van der Waals surface area contributed by atoms with Crippen LogP contribution in [0.2, 0.25) is 0 Å². The van der Waals surface area contributed by atoms with Crippen LogP contribution in [0, 0.1) is 18.3 Å². The molecule has 0 bridgehead atoms. The lowest BCUT2D eigenvalue weighted by Crippen LogP contribution is -2.14. The van der Waals surface area contributed by atoms with Crippen LogP contribution in [0.25, 0.3) is 0 Å². The van der Waals surface area contributed by atoms with E-state index in [4.69, 9.17) is 5.26 Å². The predicted molar refractivity (Wildman–Crippen MR) is 63.2 cm³/mol. The van der Waals surface area contributed by atoms with E-state index in [1.165, 1.54) is 30.5 Å². The van der Waals surface area contributed by atoms with Gasteiger partial charge in [0.2, 0.25) is 0 Å². The minimum Gasteiger partial charge on any atom is -0.363 e. The monoisotopic (exact) mass is 263 g/mol. The van der Waals surface area contributed by atoms with Gasteiger partial charge in [-0.05, 0) is 30.7 Å². The summed E-state index contributed by atoms with van der Waals surface area (Å²) < 4.78 is 30.9. The standard InChI is InChI=1S/C11H9N3O3S/c1-8-6-9(7-12)2-3-10(8)18(15,16)14-11-4-5-17-13-11/h2-6H,1H3,(H,13,14). The molecule has 2 aromatic rings. The van der Waals surface area contributed by atoms with Crippen LogP contribution in [0.3, 0.4) is 0 Å². The van der Waals surface area contributed by atoms with Crippen molar-refractivity contribution in [2.75, 3.05) is 4.72 Å². The number of nitrogens with one attached hydrogen (secondary N) is 1. The zero-order valence-electron chi connectivity index (χ0n) is 9.41. The lowest BCUT2D eigenvalue weighted by molar-refractivity contribution is 0.423. The second kappa shape index (κ2) is 4.50. The Morgan fingerprint density at radius 2 is 2.17 bits per heavy atom. The molecule has 0 radical (unpaired) electrons. The third-order valence-corrected chi connectivity index (χ3v) is 3.79. The van der Waals surface area contributed by atoms with Gasteiger partial charge in [-0.1, -0.05) is 5.16 Å². The maximum absolute atomic E-state index is 12.0. The number of benzene rings is 1. The van der Waals surface area contributed by atoms with E-state index in [0.717, 1.165) is 0 Å². The smallest absolute Gasteiger partial charge is 0.263 e. The summed E-state index contributed by atoms with van der Waals surface area (Å²) in [6, 6.07) is 7.69. The highest BCUT2D eigenvalue weighted by atomic mass is 32.2. The predicted octanol–water partition coefficient (Wildman–Crippen LogP) is 1.66. The van der Waals surface area contributed by atoms with Crippen molar-refractivity contribution < 1.29 is 12.9 Å². The van der Waals surface area contributed by atoms with Crippen LogP contribution in [0.4, 0.5) is 5.82 Å². The summed E-state index contributed by atoms with van der Waals surface area (Å²) in [5.41, 5.74) is 0.901. The van der Waals surface area contributed by atoms with Gasteiger partial charge in [0.25, 0.3) is 10.0 Å². The lowest BCUT2D eigenvalue weighted by Gasteiger charge is -2.07. The van der Waals surface area contributed by atoms with E-state index in [-0.39, 0.29) is 10.7 Å². The second-order valence-electron chi connectivity index (χ2n) is 3.58. The van der Waals surface area contributed by atoms with Crippen molar-refractivity contribution in [3.05, 3.63) is 41.7 Å². The van der Waals surface area contributed by atoms with Crippen LogP contribution in [0.1, 0.15) is 11.1 Å². The Morgan fingerprint density at radius 3 is 2.72 bits per heavy atom. The van der Waals surface area contributed by atoms with Gasteiger partial charge in [0.05, 0.1) is 16.5 Å². The molecule has 0 aliphatic heterocycles. The molecule has 0 saturated carbocycles. The number of hydrogen-bond donors (Lipinski definition) is 1. The molecule has 1 aromatic heterocycles. The average Bonchev–Trinajstić information content (AvgIpc) is 2.80. The number of rotatable bonds is 3. The Morgan fingerprint density at radius 1 is 1.39 bits per heavy atom. The maximum atomic E-state index is 12.0. The molecule has 18 heavy (non-hydrogen) atoms. The third kappa shape index (κ3) is 2.33. The summed E-state index contributed by atoms with van der Waals surface area (Å²) in [4.78, 5) is 0.101. The van der Waals surface area contributed by atoms with Crippen molar-refractivity contribution in [3.63, 3.8) is 0 Å². The number of aryl methyl sites for hydroxylation is 1. The molecule has 0 saturated heterocycles. The van der Waals surface area contributed by atoms with Crippen LogP contribution in [0.15, 0.2) is 39.9 Å². The van der Waals surface area contributed by atoms with Crippen molar-refractivity contribution in [1.29, 1.82) is 5.26 Å². The van der Waals surface area contributed by atoms with E-state index >= 15 is 0 Å². The molecule has 2 rings (SSSR count). The molecule has 7 heteroatoms. The fraction of sp³-hybridized carbons (Fsp3) is 0.0909. The third-order valence-electron chi connectivity index (χ3n) is 2.27. The zero-order chi connectivity index (χ0) is 13.2. The molecule has 0 aliphatic rings. The molecular formula is C11H9N3O3S. The molecule has 0 amide bonds. The van der Waals surface area contributed by atoms with Gasteiger partial charge in [-0.2, -0.15) is 5.26 Å². The Kier molecular flexibility index (Phi) is 3.04. The first kappa shape index (κ1) is 12.1. The van der Waals surface area contributed by atoms with Gasteiger partial charge in [-0.3, -0.25) is 4.72 Å². The van der Waals surface area contributed by atoms with Gasteiger partial charge in [0, 0.05) is 6.07 Å². The van der Waals surface area contributed by atoms with Gasteiger partial charge >= 0.3 is 0 Å². The van der Waals surface area contributed by atoms with Crippen molar-refractivity contribution in [2.24, 2.45) is 0 Å². The Hall–Kier alpha value is -2.33. The van der Waals surface area contributed by atoms with Crippen LogP contribution in [-0.4, -0.2) is 13.6 Å². The molecule has 92 valence electrons. The Labute approximate surface area is 104 Å². The molecule has 0 unspecified atom stereocenters. The molecule has 0 atom stereocenters. The van der Waals surface area contributed by atoms with Gasteiger partial charge in [0.15, 0.2) is 5.82 Å². The molecule has 0 fully saturated rings. The molecule has 6 nitrogen and oxygen atoms in total. The summed E-state index contributed by atoms with van der Waals surface area (Å²) in [5, 5.41) is 12.2. The Balaban J connectivity index is 2.39. The van der Waals surface area contributed by atoms with Gasteiger partial charge in [-0.15, -0.1) is 0 Å². The summed E-state index contributed by atoms with van der Waals surface area (Å²) >= 11 is 0. The van der Waals surface area contributed by atoms with Gasteiger partial charge in [0.1, 0.15) is 6.26 Å². The number of hydrogen-bond acceptors (Lipinski definition) is 5. The van der Waals surface area contributed by atoms with Crippen molar-refractivity contribution in [2.45, 2.75) is 11.8 Å². The number of nitrogens with zero attached hydrogens (tertiary/aromatic N) is 2. The molecule has 1 N–H and O–H groups in total. The van der Waals surface area contributed by atoms with E-state index in [2.05, 4.69) is 14.4 Å². The topological polar surface area (TPSA) is 96.0 Å². The summed E-state index contributed by atoms with van der Waals surface area (Å²) in [7, 11) is -3.72. The summed E-state index contributed by atoms with van der Waals surface area (Å²) in [6.07, 6.45) is 1.27. The van der Waals surface area contributed by atoms with Crippen molar-refractivity contribution >= 4 is 15.8 Å². The number of nitriles is 1. The SMILES string of the molecule is Cc1cc(C#N)ccc1S(=O)(=O)Nc1ccon1. The highest BCUT2D eigenvalue weighted by molar-refractivity contribution is 7.92. The van der Waals surface area contributed by atoms with Crippen LogP contribution in [-0.2, 0) is 10.0 Å². The van der Waals surface area contributed by atoms with Gasteiger partial charge in [-0.25, -0.2) is 8.42 Å². The highest BCUT2D eigenvalue weighted by Crippen LogP contribution is 2.19. The molecule has 0 spiro atoms. The normalized spacial score (nSPS) is 10.9. The maximum Gasteiger partial charge on any atom is 0.263 e. The van der Waals surface area contributed by atoms with Crippen molar-refractivity contribution in [1.82, 2.24) is 5.16 Å². The van der Waals surface area contributed by atoms with Crippen LogP contribution >= 0.6 is 0 Å². The minimum atomic E-state index is -3.72. The van der Waals surface area contributed by atoms with E-state index in [1.54, 1.807) is 6.92 Å². The first-order chi connectivity index (χ1) is 8.53. The number of anilines is 1. The van der Waals surface area contributed by atoms with E-state index in [1.807, 2.05) is 6.07 Å². The average molecular weight is 263 g/mol. The highest BCUT2D eigenvalue weighted by Gasteiger charge is 2.18. The fourth-order valence-corrected chi connectivity index (χ4v) is 2.70. The molecule has 1 heterocycles. The molecule has 1 aromatic carbocycles. The summed E-state index contributed by atoms with van der Waals surface area (Å²) in [6.45, 7) is 1.62. The Bertz CT molecular complexity index is 700. The fourth-order valence-electron chi connectivity index (χ4n) is 1.48. The minimum absolute atomic E-state index is 0.101. The first-order valence-corrected chi connectivity index (χ1v) is 6.45. The second-order valence-corrected chi connectivity index (χ2v) is 5.23. The first-order valence-electron chi connectivity index (χ1n) is 4.97. The number of sulfonamides is 1. The molecule has 0 aliphatic carbocycles. The zero-order valence-corrected chi connectivity index (χ0v) is 10.2. The van der Waals surface area contributed by atoms with Gasteiger partial charge < -0.3 is 4.52 Å². The summed E-state index contributed by atoms with van der Waals surface area (Å²) in [5.74, 6) is 0.110. The quantitative estimate of drug-likeness (QED) is 0.908. The number of aromatic nitrogens is 1.